The molecular formula is C16H24ClN3. The molecule has 2 aliphatic rings. The second kappa shape index (κ2) is 6.77. The quantitative estimate of drug-likeness (QED) is 0.795. The molecule has 4 heteroatoms. The van der Waals surface area contributed by atoms with Crippen molar-refractivity contribution < 1.29 is 0 Å². The summed E-state index contributed by atoms with van der Waals surface area (Å²) in [5.74, 6) is 2.52. The summed E-state index contributed by atoms with van der Waals surface area (Å²) in [6.45, 7) is 6.19. The van der Waals surface area contributed by atoms with Gasteiger partial charge in [0.15, 0.2) is 0 Å². The molecule has 3 rings (SSSR count). The molecule has 0 saturated carbocycles. The van der Waals surface area contributed by atoms with Crippen LogP contribution < -0.4 is 4.90 Å². The van der Waals surface area contributed by atoms with Crippen molar-refractivity contribution in [3.05, 3.63) is 23.9 Å². The predicted octanol–water partition coefficient (Wildman–Crippen LogP) is 3.13. The van der Waals surface area contributed by atoms with Crippen LogP contribution in [0.15, 0.2) is 18.3 Å². The molecule has 1 aromatic rings. The molecule has 2 saturated heterocycles. The van der Waals surface area contributed by atoms with Crippen LogP contribution in [0.3, 0.4) is 0 Å². The predicted molar refractivity (Wildman–Crippen MR) is 84.4 cm³/mol. The third kappa shape index (κ3) is 3.26. The normalized spacial score (nSPS) is 21.6. The Bertz CT molecular complexity index is 423. The van der Waals surface area contributed by atoms with Crippen LogP contribution in [0.5, 0.6) is 0 Å². The zero-order chi connectivity index (χ0) is 13.8. The second-order valence-electron chi connectivity index (χ2n) is 6.06. The van der Waals surface area contributed by atoms with Gasteiger partial charge in [-0.05, 0) is 50.8 Å². The lowest BCUT2D eigenvalue weighted by atomic mass is 9.96. The lowest BCUT2D eigenvalue weighted by Crippen LogP contribution is -2.38. The Labute approximate surface area is 126 Å². The van der Waals surface area contributed by atoms with Crippen LogP contribution in [0.4, 0.5) is 5.82 Å². The van der Waals surface area contributed by atoms with E-state index in [4.69, 9.17) is 11.6 Å². The van der Waals surface area contributed by atoms with E-state index in [0.717, 1.165) is 30.4 Å². The second-order valence-corrected chi connectivity index (χ2v) is 6.33. The monoisotopic (exact) mass is 293 g/mol. The van der Waals surface area contributed by atoms with E-state index >= 15 is 0 Å². The van der Waals surface area contributed by atoms with Gasteiger partial charge in [-0.3, -0.25) is 0 Å². The van der Waals surface area contributed by atoms with Gasteiger partial charge in [-0.2, -0.15) is 0 Å². The lowest BCUT2D eigenvalue weighted by Gasteiger charge is -2.35. The maximum atomic E-state index is 6.02. The molecule has 0 radical (unpaired) electrons. The average molecular weight is 294 g/mol. The molecule has 0 aromatic carbocycles. The summed E-state index contributed by atoms with van der Waals surface area (Å²) in [6, 6.07) is 4.06. The van der Waals surface area contributed by atoms with Crippen LogP contribution in [-0.2, 0) is 5.88 Å². The van der Waals surface area contributed by atoms with E-state index in [1.807, 2.05) is 12.3 Å². The highest BCUT2D eigenvalue weighted by atomic mass is 35.5. The van der Waals surface area contributed by atoms with Crippen molar-refractivity contribution in [2.75, 3.05) is 37.6 Å². The van der Waals surface area contributed by atoms with Crippen molar-refractivity contribution >= 4 is 17.4 Å². The summed E-state index contributed by atoms with van der Waals surface area (Å²) < 4.78 is 0. The molecule has 0 unspecified atom stereocenters. The van der Waals surface area contributed by atoms with Crippen molar-refractivity contribution in [2.45, 2.75) is 31.6 Å². The van der Waals surface area contributed by atoms with Crippen LogP contribution in [0, 0.1) is 5.92 Å². The zero-order valence-electron chi connectivity index (χ0n) is 12.1. The standard InChI is InChI=1S/C16H24ClN3/c17-12-15-4-3-7-18-16(15)20-10-5-14(6-11-20)13-19-8-1-2-9-19/h3-4,7,14H,1-2,5-6,8-13H2. The highest BCUT2D eigenvalue weighted by Gasteiger charge is 2.24. The van der Waals surface area contributed by atoms with E-state index < -0.39 is 0 Å². The average Bonchev–Trinajstić information content (AvgIpc) is 3.01. The van der Waals surface area contributed by atoms with Gasteiger partial charge in [0.2, 0.25) is 0 Å². The maximum absolute atomic E-state index is 6.02. The molecule has 1 aromatic heterocycles. The first-order valence-corrected chi connectivity index (χ1v) is 8.37. The van der Waals surface area contributed by atoms with E-state index in [1.54, 1.807) is 0 Å². The third-order valence-corrected chi connectivity index (χ3v) is 4.93. The zero-order valence-corrected chi connectivity index (χ0v) is 12.9. The maximum Gasteiger partial charge on any atom is 0.132 e. The molecule has 2 aliphatic heterocycles. The van der Waals surface area contributed by atoms with Crippen molar-refractivity contribution in [3.63, 3.8) is 0 Å². The van der Waals surface area contributed by atoms with E-state index in [1.165, 1.54) is 45.3 Å². The van der Waals surface area contributed by atoms with Crippen LogP contribution in [-0.4, -0.2) is 42.6 Å². The van der Waals surface area contributed by atoms with Crippen molar-refractivity contribution in [1.82, 2.24) is 9.88 Å². The first kappa shape index (κ1) is 14.2. The number of rotatable bonds is 4. The minimum absolute atomic E-state index is 0.552. The number of alkyl halides is 1. The highest BCUT2D eigenvalue weighted by molar-refractivity contribution is 6.17. The molecule has 3 nitrogen and oxygen atoms in total. The van der Waals surface area contributed by atoms with E-state index in [2.05, 4.69) is 20.9 Å². The van der Waals surface area contributed by atoms with E-state index in [-0.39, 0.29) is 0 Å². The molecule has 0 atom stereocenters. The van der Waals surface area contributed by atoms with Crippen LogP contribution in [0.1, 0.15) is 31.2 Å². The van der Waals surface area contributed by atoms with Gasteiger partial charge in [0.05, 0.1) is 5.88 Å². The number of anilines is 1. The van der Waals surface area contributed by atoms with Gasteiger partial charge in [-0.25, -0.2) is 4.98 Å². The van der Waals surface area contributed by atoms with Crippen LogP contribution >= 0.6 is 11.6 Å². The first-order valence-electron chi connectivity index (χ1n) is 7.84. The number of nitrogens with zero attached hydrogens (tertiary/aromatic N) is 3. The Morgan fingerprint density at radius 3 is 2.60 bits per heavy atom. The number of halogens is 1. The summed E-state index contributed by atoms with van der Waals surface area (Å²) in [5, 5.41) is 0. The minimum atomic E-state index is 0.552. The molecule has 3 heterocycles. The number of hydrogen-bond acceptors (Lipinski definition) is 3. The smallest absolute Gasteiger partial charge is 0.132 e. The number of piperidine rings is 1. The van der Waals surface area contributed by atoms with E-state index in [9.17, 15) is 0 Å². The fourth-order valence-corrected chi connectivity index (χ4v) is 3.69. The van der Waals surface area contributed by atoms with Gasteiger partial charge in [0, 0.05) is 31.4 Å². The van der Waals surface area contributed by atoms with Crippen molar-refractivity contribution in [1.29, 1.82) is 0 Å². The van der Waals surface area contributed by atoms with Crippen molar-refractivity contribution in [3.8, 4) is 0 Å². The molecule has 2 fully saturated rings. The molecule has 0 N–H and O–H groups in total. The van der Waals surface area contributed by atoms with Gasteiger partial charge < -0.3 is 9.80 Å². The van der Waals surface area contributed by atoms with Gasteiger partial charge in [0.1, 0.15) is 5.82 Å². The molecule has 0 spiro atoms. The van der Waals surface area contributed by atoms with Gasteiger partial charge in [0.25, 0.3) is 0 Å². The largest absolute Gasteiger partial charge is 0.356 e. The molecule has 0 bridgehead atoms. The molecule has 110 valence electrons. The first-order chi connectivity index (χ1) is 9.86. The SMILES string of the molecule is ClCc1cccnc1N1CCC(CN2CCCC2)CC1. The Hall–Kier alpha value is -0.800. The molecule has 0 amide bonds. The molecular weight excluding hydrogens is 270 g/mol. The molecule has 0 aliphatic carbocycles. The number of hydrogen-bond donors (Lipinski definition) is 0. The fourth-order valence-electron chi connectivity index (χ4n) is 3.48. The number of likely N-dealkylation sites (tertiary alicyclic amines) is 1. The lowest BCUT2D eigenvalue weighted by molar-refractivity contribution is 0.249. The van der Waals surface area contributed by atoms with Gasteiger partial charge >= 0.3 is 0 Å². The van der Waals surface area contributed by atoms with Crippen molar-refractivity contribution in [2.24, 2.45) is 5.92 Å². The van der Waals surface area contributed by atoms with E-state index in [0.29, 0.717) is 5.88 Å². The summed E-state index contributed by atoms with van der Waals surface area (Å²) in [7, 11) is 0. The Morgan fingerprint density at radius 1 is 1.15 bits per heavy atom. The van der Waals surface area contributed by atoms with Crippen LogP contribution in [0.25, 0.3) is 0 Å². The van der Waals surface area contributed by atoms with Gasteiger partial charge in [-0.1, -0.05) is 6.07 Å². The van der Waals surface area contributed by atoms with Crippen LogP contribution in [0.2, 0.25) is 0 Å². The Morgan fingerprint density at radius 2 is 1.90 bits per heavy atom. The topological polar surface area (TPSA) is 19.4 Å². The third-order valence-electron chi connectivity index (χ3n) is 4.64. The van der Waals surface area contributed by atoms with Gasteiger partial charge in [-0.15, -0.1) is 11.6 Å². The Balaban J connectivity index is 1.55. The number of aromatic nitrogens is 1. The number of pyridine rings is 1. The highest BCUT2D eigenvalue weighted by Crippen LogP contribution is 2.26. The summed E-state index contributed by atoms with van der Waals surface area (Å²) in [6.07, 6.45) is 7.24. The fraction of sp³-hybridized carbons (Fsp3) is 0.688. The summed E-state index contributed by atoms with van der Waals surface area (Å²) in [5.41, 5.74) is 1.16. The molecule has 20 heavy (non-hydrogen) atoms. The minimum Gasteiger partial charge on any atom is -0.356 e. The Kier molecular flexibility index (Phi) is 4.79. The summed E-state index contributed by atoms with van der Waals surface area (Å²) >= 11 is 6.02. The summed E-state index contributed by atoms with van der Waals surface area (Å²) in [4.78, 5) is 9.59.